The van der Waals surface area contributed by atoms with Gasteiger partial charge in [0.15, 0.2) is 0 Å². The van der Waals surface area contributed by atoms with E-state index in [-0.39, 0.29) is 5.69 Å². The second kappa shape index (κ2) is 6.33. The van der Waals surface area contributed by atoms with E-state index in [4.69, 9.17) is 4.42 Å². The molecule has 0 N–H and O–H groups in total. The van der Waals surface area contributed by atoms with E-state index in [0.29, 0.717) is 17.1 Å². The first-order valence-electron chi connectivity index (χ1n) is 7.57. The number of non-ortho nitro benzene ring substituents is 1. The number of fused-ring (bicyclic) bond motifs is 1. The quantitative estimate of drug-likeness (QED) is 0.354. The number of para-hydroxylation sites is 1. The van der Waals surface area contributed by atoms with E-state index < -0.39 is 4.92 Å². The van der Waals surface area contributed by atoms with Crippen LogP contribution in [0.25, 0.3) is 33.7 Å². The molecule has 5 nitrogen and oxygen atoms in total. The van der Waals surface area contributed by atoms with Crippen LogP contribution in [-0.4, -0.2) is 9.91 Å². The van der Waals surface area contributed by atoms with Crippen molar-refractivity contribution in [2.45, 2.75) is 0 Å². The van der Waals surface area contributed by atoms with Crippen LogP contribution in [-0.2, 0) is 0 Å². The summed E-state index contributed by atoms with van der Waals surface area (Å²) in [6, 6.07) is 18.0. The highest BCUT2D eigenvalue weighted by atomic mass is 32.1. The van der Waals surface area contributed by atoms with Crippen LogP contribution in [0, 0.1) is 10.1 Å². The minimum absolute atomic E-state index is 0.0421. The predicted octanol–water partition coefficient (Wildman–Crippen LogP) is 5.63. The minimum atomic E-state index is -0.416. The Morgan fingerprint density at radius 3 is 2.76 bits per heavy atom. The molecule has 0 unspecified atom stereocenters. The van der Waals surface area contributed by atoms with Gasteiger partial charge in [0.25, 0.3) is 5.69 Å². The number of hydrogen-bond acceptors (Lipinski definition) is 5. The SMILES string of the molecule is O=[N+]([O-])c1cccc(-c2ccc(/C=C/c3nc4ccccc4s3)o2)c1. The van der Waals surface area contributed by atoms with E-state index in [1.165, 1.54) is 12.1 Å². The van der Waals surface area contributed by atoms with Crippen LogP contribution in [0.3, 0.4) is 0 Å². The lowest BCUT2D eigenvalue weighted by molar-refractivity contribution is -0.384. The first-order chi connectivity index (χ1) is 12.2. The average Bonchev–Trinajstić information content (AvgIpc) is 3.26. The molecule has 0 aliphatic heterocycles. The van der Waals surface area contributed by atoms with Crippen molar-refractivity contribution < 1.29 is 9.34 Å². The highest BCUT2D eigenvalue weighted by Gasteiger charge is 2.09. The molecule has 0 bridgehead atoms. The Morgan fingerprint density at radius 2 is 1.92 bits per heavy atom. The average molecular weight is 348 g/mol. The van der Waals surface area contributed by atoms with Gasteiger partial charge < -0.3 is 4.42 Å². The van der Waals surface area contributed by atoms with Crippen molar-refractivity contribution in [3.05, 3.63) is 81.5 Å². The summed E-state index contributed by atoms with van der Waals surface area (Å²) in [5.74, 6) is 1.26. The van der Waals surface area contributed by atoms with Gasteiger partial charge >= 0.3 is 0 Å². The summed E-state index contributed by atoms with van der Waals surface area (Å²) < 4.78 is 6.91. The molecule has 4 aromatic rings. The smallest absolute Gasteiger partial charge is 0.270 e. The van der Waals surface area contributed by atoms with Gasteiger partial charge in [-0.15, -0.1) is 11.3 Å². The number of aromatic nitrogens is 1. The number of thiazole rings is 1. The van der Waals surface area contributed by atoms with E-state index >= 15 is 0 Å². The maximum Gasteiger partial charge on any atom is 0.270 e. The third kappa shape index (κ3) is 3.20. The van der Waals surface area contributed by atoms with Crippen molar-refractivity contribution in [2.24, 2.45) is 0 Å². The van der Waals surface area contributed by atoms with Crippen LogP contribution in [0.5, 0.6) is 0 Å². The topological polar surface area (TPSA) is 69.2 Å². The van der Waals surface area contributed by atoms with Crippen LogP contribution in [0.4, 0.5) is 5.69 Å². The molecule has 122 valence electrons. The van der Waals surface area contributed by atoms with E-state index in [0.717, 1.165) is 15.2 Å². The lowest BCUT2D eigenvalue weighted by atomic mass is 10.1. The number of nitro benzene ring substituents is 1. The molecule has 0 aliphatic carbocycles. The van der Waals surface area contributed by atoms with Crippen molar-refractivity contribution in [2.75, 3.05) is 0 Å². The Bertz CT molecular complexity index is 1060. The number of rotatable bonds is 4. The van der Waals surface area contributed by atoms with Gasteiger partial charge in [-0.2, -0.15) is 0 Å². The maximum absolute atomic E-state index is 10.9. The second-order valence-electron chi connectivity index (χ2n) is 5.36. The molecule has 0 spiro atoms. The molecule has 2 heterocycles. The highest BCUT2D eigenvalue weighted by molar-refractivity contribution is 7.19. The van der Waals surface area contributed by atoms with Gasteiger partial charge in [-0.3, -0.25) is 10.1 Å². The van der Waals surface area contributed by atoms with E-state index in [1.54, 1.807) is 29.5 Å². The van der Waals surface area contributed by atoms with E-state index in [9.17, 15) is 10.1 Å². The Hall–Kier alpha value is -3.25. The summed E-state index contributed by atoms with van der Waals surface area (Å²) in [5, 5.41) is 11.8. The molecular formula is C19H12N2O3S. The summed E-state index contributed by atoms with van der Waals surface area (Å²) >= 11 is 1.61. The number of benzene rings is 2. The van der Waals surface area contributed by atoms with Gasteiger partial charge in [0.1, 0.15) is 16.5 Å². The molecular weight excluding hydrogens is 336 g/mol. The zero-order chi connectivity index (χ0) is 17.2. The van der Waals surface area contributed by atoms with Gasteiger partial charge in [0, 0.05) is 17.7 Å². The maximum atomic E-state index is 10.9. The summed E-state index contributed by atoms with van der Waals surface area (Å²) in [7, 11) is 0. The third-order valence-electron chi connectivity index (χ3n) is 3.67. The number of furan rings is 1. The highest BCUT2D eigenvalue weighted by Crippen LogP contribution is 2.27. The lowest BCUT2D eigenvalue weighted by Gasteiger charge is -1.96. The Morgan fingerprint density at radius 1 is 1.04 bits per heavy atom. The fourth-order valence-corrected chi connectivity index (χ4v) is 3.36. The largest absolute Gasteiger partial charge is 0.457 e. The molecule has 0 amide bonds. The molecule has 0 atom stereocenters. The Labute approximate surface area is 147 Å². The fourth-order valence-electron chi connectivity index (χ4n) is 2.49. The fraction of sp³-hybridized carbons (Fsp3) is 0. The second-order valence-corrected chi connectivity index (χ2v) is 6.42. The zero-order valence-electron chi connectivity index (χ0n) is 13.0. The Balaban J connectivity index is 1.58. The molecule has 0 radical (unpaired) electrons. The standard InChI is InChI=1S/C19H12N2O3S/c22-21(23)14-5-3-4-13(12-14)17-10-8-15(24-17)9-11-19-20-16-6-1-2-7-18(16)25-19/h1-12H/b11-9+. The van der Waals surface area contributed by atoms with Crippen LogP contribution < -0.4 is 0 Å². The number of hydrogen-bond donors (Lipinski definition) is 0. The number of nitro groups is 1. The van der Waals surface area contributed by atoms with Crippen molar-refractivity contribution in [3.8, 4) is 11.3 Å². The first kappa shape index (κ1) is 15.3. The van der Waals surface area contributed by atoms with Gasteiger partial charge in [-0.05, 0) is 36.4 Å². The summed E-state index contributed by atoms with van der Waals surface area (Å²) in [4.78, 5) is 15.0. The predicted molar refractivity (Wildman–Crippen MR) is 99.3 cm³/mol. The molecule has 0 saturated carbocycles. The molecule has 6 heteroatoms. The third-order valence-corrected chi connectivity index (χ3v) is 4.67. The number of nitrogens with zero attached hydrogens (tertiary/aromatic N) is 2. The van der Waals surface area contributed by atoms with Gasteiger partial charge in [-0.1, -0.05) is 24.3 Å². The van der Waals surface area contributed by atoms with Gasteiger partial charge in [0.05, 0.1) is 15.1 Å². The van der Waals surface area contributed by atoms with Crippen molar-refractivity contribution in [1.82, 2.24) is 4.98 Å². The molecule has 0 fully saturated rings. The zero-order valence-corrected chi connectivity index (χ0v) is 13.8. The van der Waals surface area contributed by atoms with Crippen LogP contribution >= 0.6 is 11.3 Å². The van der Waals surface area contributed by atoms with Crippen molar-refractivity contribution in [1.29, 1.82) is 0 Å². The molecule has 2 aromatic heterocycles. The molecule has 4 rings (SSSR count). The van der Waals surface area contributed by atoms with Crippen LogP contribution in [0.1, 0.15) is 10.8 Å². The summed E-state index contributed by atoms with van der Waals surface area (Å²) in [6.45, 7) is 0. The van der Waals surface area contributed by atoms with Crippen LogP contribution in [0.2, 0.25) is 0 Å². The molecule has 2 aromatic carbocycles. The lowest BCUT2D eigenvalue weighted by Crippen LogP contribution is -1.87. The van der Waals surface area contributed by atoms with Crippen molar-refractivity contribution >= 4 is 39.4 Å². The summed E-state index contributed by atoms with van der Waals surface area (Å²) in [5.41, 5.74) is 1.69. The normalized spacial score (nSPS) is 11.4. The van der Waals surface area contributed by atoms with Gasteiger partial charge in [-0.25, -0.2) is 4.98 Å². The first-order valence-corrected chi connectivity index (χ1v) is 8.39. The minimum Gasteiger partial charge on any atom is -0.457 e. The van der Waals surface area contributed by atoms with E-state index in [1.807, 2.05) is 42.5 Å². The van der Waals surface area contributed by atoms with Crippen molar-refractivity contribution in [3.63, 3.8) is 0 Å². The van der Waals surface area contributed by atoms with Crippen LogP contribution in [0.15, 0.2) is 65.1 Å². The summed E-state index contributed by atoms with van der Waals surface area (Å²) in [6.07, 6.45) is 3.75. The Kier molecular flexibility index (Phi) is 3.87. The monoisotopic (exact) mass is 348 g/mol. The molecule has 0 saturated heterocycles. The molecule has 25 heavy (non-hydrogen) atoms. The van der Waals surface area contributed by atoms with E-state index in [2.05, 4.69) is 4.98 Å². The van der Waals surface area contributed by atoms with Gasteiger partial charge in [0.2, 0.25) is 0 Å². The molecule has 0 aliphatic rings.